The van der Waals surface area contributed by atoms with Gasteiger partial charge in [-0.2, -0.15) is 0 Å². The number of hydrogen-bond acceptors (Lipinski definition) is 1. The van der Waals surface area contributed by atoms with E-state index in [1.165, 1.54) is 11.5 Å². The van der Waals surface area contributed by atoms with Crippen LogP contribution in [0.5, 0.6) is 0 Å². The Kier molecular flexibility index (Phi) is 18.6. The molecule has 0 atom stereocenters. The Bertz CT molecular complexity index is 290. The monoisotopic (exact) mass is 482 g/mol. The molecule has 0 amide bonds. The Morgan fingerprint density at radius 2 is 0.667 bits per heavy atom. The summed E-state index contributed by atoms with van der Waals surface area (Å²) in [6.07, 6.45) is 2.99. The van der Waals surface area contributed by atoms with Crippen molar-refractivity contribution in [1.29, 1.82) is 0 Å². The van der Waals surface area contributed by atoms with Crippen LogP contribution in [0, 0.1) is 65.8 Å². The average molecular weight is 483 g/mol. The first kappa shape index (κ1) is 32.4. The fourth-order valence-corrected chi connectivity index (χ4v) is 4.92. The molecular weight excluding hydrogens is 438 g/mol. The van der Waals surface area contributed by atoms with E-state index in [0.29, 0.717) is 0 Å². The maximum Gasteiger partial charge on any atom is 2.00 e. The second-order valence-electron chi connectivity index (χ2n) is 9.11. The molecule has 0 heterocycles. The van der Waals surface area contributed by atoms with Crippen LogP contribution < -0.4 is 0 Å². The van der Waals surface area contributed by atoms with Gasteiger partial charge in [-0.05, 0) is 59.2 Å². The van der Waals surface area contributed by atoms with Gasteiger partial charge in [0.25, 0.3) is 0 Å². The molecule has 0 aliphatic heterocycles. The molecule has 2 rings (SSSR count). The second-order valence-corrected chi connectivity index (χ2v) is 9.38. The van der Waals surface area contributed by atoms with Crippen molar-refractivity contribution < 1.29 is 33.6 Å². The van der Waals surface area contributed by atoms with E-state index < -0.39 is 0 Å². The van der Waals surface area contributed by atoms with E-state index in [9.17, 15) is 0 Å². The fourth-order valence-electron chi connectivity index (χ4n) is 4.83. The van der Waals surface area contributed by atoms with Crippen LogP contribution in [-0.4, -0.2) is 0 Å². The van der Waals surface area contributed by atoms with Crippen molar-refractivity contribution in [1.82, 2.24) is 0 Å². The van der Waals surface area contributed by atoms with Crippen molar-refractivity contribution in [2.24, 2.45) is 59.2 Å². The molecule has 0 spiro atoms. The summed E-state index contributed by atoms with van der Waals surface area (Å²) in [7, 11) is 0. The van der Waals surface area contributed by atoms with Crippen LogP contribution in [0.4, 0.5) is 0 Å². The number of rotatable bonds is 1. The van der Waals surface area contributed by atoms with Gasteiger partial charge in [0.05, 0.1) is 0 Å². The molecule has 164 valence electrons. The van der Waals surface area contributed by atoms with Crippen LogP contribution >= 0.6 is 0 Å². The third-order valence-electron chi connectivity index (χ3n) is 8.48. The minimum Gasteiger partial charge on any atom is -0.806 e. The van der Waals surface area contributed by atoms with Gasteiger partial charge >= 0.3 is 16.8 Å². The van der Waals surface area contributed by atoms with Gasteiger partial charge in [-0.25, -0.2) is 12.2 Å². The van der Waals surface area contributed by atoms with E-state index >= 15 is 0 Å². The molecule has 2 aliphatic rings. The fraction of sp³-hybridized carbons (Fsp3) is 0.833. The zero-order chi connectivity index (χ0) is 19.9. The average Bonchev–Trinajstić information content (AvgIpc) is 2.87. The standard InChI is InChI=1S/2C10H20.C4H5S.2Co/c2*1-6-7(2)9(4)10(5)8(6)3;1-2-3-4-5;;/h2*6-10H,1-5H3;1-5H;;/q;;-1;;+2/p-1/b;;4-3-;;. The van der Waals surface area contributed by atoms with E-state index in [1.807, 2.05) is 0 Å². The van der Waals surface area contributed by atoms with Crippen molar-refractivity contribution in [3.63, 3.8) is 0 Å². The van der Waals surface area contributed by atoms with Crippen molar-refractivity contribution in [3.05, 3.63) is 24.1 Å². The van der Waals surface area contributed by atoms with Crippen molar-refractivity contribution in [2.75, 3.05) is 0 Å². The Morgan fingerprint density at radius 1 is 0.519 bits per heavy atom. The summed E-state index contributed by atoms with van der Waals surface area (Å²) < 4.78 is 0. The molecule has 0 N–H and O–H groups in total. The molecule has 2 saturated carbocycles. The van der Waals surface area contributed by atoms with E-state index in [0.717, 1.165) is 59.2 Å². The largest absolute Gasteiger partial charge is 2.00 e. The molecular formula is C24H44Co2S. The summed E-state index contributed by atoms with van der Waals surface area (Å²) in [6, 6.07) is 0. The predicted octanol–water partition coefficient (Wildman–Crippen LogP) is 7.39. The SMILES string of the molecule is CC1C(C)C(C)C(C)C1C.CC1C(C)C(C)C(C)C1C.[CH-]=C/C=C\[S-].[Co+2].[Co]. The summed E-state index contributed by atoms with van der Waals surface area (Å²) in [5, 5.41) is 1.46. The molecule has 2 radical (unpaired) electrons. The van der Waals surface area contributed by atoms with Gasteiger partial charge in [0.15, 0.2) is 0 Å². The van der Waals surface area contributed by atoms with Crippen LogP contribution in [-0.2, 0) is 46.2 Å². The second kappa shape index (κ2) is 15.5. The summed E-state index contributed by atoms with van der Waals surface area (Å²) in [5.74, 6) is 9.35. The molecule has 0 bridgehead atoms. The molecule has 27 heavy (non-hydrogen) atoms. The van der Waals surface area contributed by atoms with Gasteiger partial charge in [0, 0.05) is 16.8 Å². The van der Waals surface area contributed by atoms with Crippen molar-refractivity contribution in [2.45, 2.75) is 69.2 Å². The van der Waals surface area contributed by atoms with Gasteiger partial charge in [-0.1, -0.05) is 69.2 Å². The molecule has 0 aromatic carbocycles. The maximum atomic E-state index is 4.86. The normalized spacial score (nSPS) is 42.7. The van der Waals surface area contributed by atoms with Gasteiger partial charge in [-0.3, -0.25) is 12.0 Å². The molecule has 2 fully saturated rings. The summed E-state index contributed by atoms with van der Waals surface area (Å²) >= 11 is 4.36. The Morgan fingerprint density at radius 3 is 0.704 bits per heavy atom. The summed E-state index contributed by atoms with van der Waals surface area (Å²) in [4.78, 5) is 0. The zero-order valence-corrected chi connectivity index (χ0v) is 22.1. The predicted molar refractivity (Wildman–Crippen MR) is 117 cm³/mol. The van der Waals surface area contributed by atoms with E-state index in [-0.39, 0.29) is 33.6 Å². The van der Waals surface area contributed by atoms with E-state index in [2.05, 4.69) is 81.9 Å². The Labute approximate surface area is 198 Å². The van der Waals surface area contributed by atoms with E-state index in [4.69, 9.17) is 6.58 Å². The van der Waals surface area contributed by atoms with Crippen LogP contribution in [0.2, 0.25) is 0 Å². The Hall–Kier alpha value is 0.713. The smallest absolute Gasteiger partial charge is 0.806 e. The summed E-state index contributed by atoms with van der Waals surface area (Å²) in [6.45, 7) is 28.8. The van der Waals surface area contributed by atoms with Gasteiger partial charge < -0.3 is 12.6 Å². The van der Waals surface area contributed by atoms with Crippen LogP contribution in [0.3, 0.4) is 0 Å². The molecule has 0 saturated heterocycles. The van der Waals surface area contributed by atoms with Gasteiger partial charge in [-0.15, -0.1) is 0 Å². The maximum absolute atomic E-state index is 4.86. The van der Waals surface area contributed by atoms with Crippen LogP contribution in [0.1, 0.15) is 69.2 Å². The molecule has 2 aliphatic carbocycles. The number of hydrogen-bond donors (Lipinski definition) is 0. The zero-order valence-electron chi connectivity index (χ0n) is 19.2. The molecule has 0 unspecified atom stereocenters. The van der Waals surface area contributed by atoms with Crippen molar-refractivity contribution in [3.8, 4) is 0 Å². The minimum atomic E-state index is 0. The van der Waals surface area contributed by atoms with E-state index in [1.54, 1.807) is 6.08 Å². The molecule has 3 heteroatoms. The first-order valence-corrected chi connectivity index (χ1v) is 10.8. The van der Waals surface area contributed by atoms with Gasteiger partial charge in [0.2, 0.25) is 0 Å². The quantitative estimate of drug-likeness (QED) is 0.213. The Balaban J connectivity index is -0.000000326. The van der Waals surface area contributed by atoms with Crippen LogP contribution in [0.25, 0.3) is 0 Å². The van der Waals surface area contributed by atoms with Gasteiger partial charge in [0.1, 0.15) is 0 Å². The molecule has 0 aromatic rings. The van der Waals surface area contributed by atoms with Crippen LogP contribution in [0.15, 0.2) is 17.6 Å². The third-order valence-corrected chi connectivity index (χ3v) is 8.64. The topological polar surface area (TPSA) is 0 Å². The summed E-state index contributed by atoms with van der Waals surface area (Å²) in [5.41, 5.74) is 0. The minimum absolute atomic E-state index is 0. The van der Waals surface area contributed by atoms with Crippen molar-refractivity contribution >= 4 is 12.6 Å². The molecule has 0 nitrogen and oxygen atoms in total. The third kappa shape index (κ3) is 8.94. The first-order chi connectivity index (χ1) is 11.5. The number of allylic oxidation sites excluding steroid dienone is 2. The first-order valence-electron chi connectivity index (χ1n) is 10.3. The molecule has 0 aromatic heterocycles.